The number of rotatable bonds is 10. The number of aliphatic hydroxyl groups excluding tert-OH is 4. The average Bonchev–Trinajstić information content (AvgIpc) is 3.20. The van der Waals surface area contributed by atoms with E-state index in [2.05, 4.69) is 0 Å². The second-order valence-electron chi connectivity index (χ2n) is 6.76. The molecule has 7 nitrogen and oxygen atoms in total. The lowest BCUT2D eigenvalue weighted by Gasteiger charge is -2.19. The Morgan fingerprint density at radius 3 is 2.56 bits per heavy atom. The average molecular weight is 400 g/mol. The second-order valence-corrected chi connectivity index (χ2v) is 8.95. The van der Waals surface area contributed by atoms with Gasteiger partial charge in [0.25, 0.3) is 0 Å². The highest BCUT2D eigenvalue weighted by Gasteiger charge is 2.40. The molecule has 27 heavy (non-hydrogen) atoms. The molecule has 1 aliphatic rings. The minimum Gasteiger partial charge on any atom is -0.459 e. The van der Waals surface area contributed by atoms with Gasteiger partial charge in [-0.25, -0.2) is 8.42 Å². The number of hydrogen-bond donors (Lipinski definition) is 4. The molecule has 0 aliphatic carbocycles. The van der Waals surface area contributed by atoms with Crippen molar-refractivity contribution in [3.63, 3.8) is 0 Å². The highest BCUT2D eigenvalue weighted by molar-refractivity contribution is 7.92. The number of sulfone groups is 1. The van der Waals surface area contributed by atoms with E-state index < -0.39 is 34.4 Å². The third kappa shape index (κ3) is 5.30. The van der Waals surface area contributed by atoms with E-state index in [1.54, 1.807) is 12.1 Å². The van der Waals surface area contributed by atoms with Crippen molar-refractivity contribution >= 4 is 15.9 Å². The Labute approximate surface area is 159 Å². The van der Waals surface area contributed by atoms with E-state index >= 15 is 0 Å². The van der Waals surface area contributed by atoms with E-state index in [9.17, 15) is 23.7 Å². The van der Waals surface area contributed by atoms with E-state index in [0.29, 0.717) is 17.9 Å². The summed E-state index contributed by atoms with van der Waals surface area (Å²) in [6, 6.07) is 3.45. The standard InChI is InChI=1S/C19H28O7S/c1-2-3-13(8-15-5-6-16(10-21)26-15)4-7-17(23)19-14(9-20)12-27(24,25)18(19)11-22/h5-6,8,17-18,20-23H,2-4,7,9-12H2,1H3/b13-8+/t17-,18+/m1/s1. The van der Waals surface area contributed by atoms with Crippen molar-refractivity contribution in [2.24, 2.45) is 0 Å². The Balaban J connectivity index is 2.14. The molecule has 1 aromatic rings. The summed E-state index contributed by atoms with van der Waals surface area (Å²) in [4.78, 5) is 0. The van der Waals surface area contributed by atoms with E-state index in [1.165, 1.54) is 0 Å². The lowest BCUT2D eigenvalue weighted by molar-refractivity contribution is 0.186. The van der Waals surface area contributed by atoms with Crippen LogP contribution in [-0.2, 0) is 16.4 Å². The molecule has 0 fully saturated rings. The molecule has 0 spiro atoms. The van der Waals surface area contributed by atoms with Gasteiger partial charge in [0.15, 0.2) is 9.84 Å². The SMILES string of the molecule is CCC/C(=C\c1ccc(CO)o1)CC[C@@H](O)C1=C(CO)CS(=O)(=O)[C@H]1CO. The highest BCUT2D eigenvalue weighted by Crippen LogP contribution is 2.32. The number of allylic oxidation sites excluding steroid dienone is 1. The van der Waals surface area contributed by atoms with Gasteiger partial charge in [-0.3, -0.25) is 0 Å². The maximum absolute atomic E-state index is 12.1. The van der Waals surface area contributed by atoms with Crippen LogP contribution in [-0.4, -0.2) is 59.2 Å². The number of aliphatic hydroxyl groups is 4. The fourth-order valence-electron chi connectivity index (χ4n) is 3.47. The molecule has 0 saturated heterocycles. The maximum atomic E-state index is 12.1. The first kappa shape index (κ1) is 21.8. The lowest BCUT2D eigenvalue weighted by Crippen LogP contribution is -2.29. The van der Waals surface area contributed by atoms with Gasteiger partial charge in [-0.05, 0) is 48.6 Å². The minimum absolute atomic E-state index is 0.176. The summed E-state index contributed by atoms with van der Waals surface area (Å²) in [5.74, 6) is 0.760. The Morgan fingerprint density at radius 2 is 2.00 bits per heavy atom. The Hall–Kier alpha value is -1.45. The van der Waals surface area contributed by atoms with Gasteiger partial charge >= 0.3 is 0 Å². The van der Waals surface area contributed by atoms with Gasteiger partial charge in [-0.2, -0.15) is 0 Å². The van der Waals surface area contributed by atoms with Crippen LogP contribution in [0.2, 0.25) is 0 Å². The first-order chi connectivity index (χ1) is 12.9. The van der Waals surface area contributed by atoms with Gasteiger partial charge in [0.1, 0.15) is 23.4 Å². The summed E-state index contributed by atoms with van der Waals surface area (Å²) in [5.41, 5.74) is 1.54. The van der Waals surface area contributed by atoms with Crippen molar-refractivity contribution in [1.29, 1.82) is 0 Å². The first-order valence-electron chi connectivity index (χ1n) is 9.08. The molecule has 1 aromatic heterocycles. The number of hydrogen-bond acceptors (Lipinski definition) is 7. The first-order valence-corrected chi connectivity index (χ1v) is 10.8. The third-order valence-corrected chi connectivity index (χ3v) is 6.80. The van der Waals surface area contributed by atoms with E-state index in [1.807, 2.05) is 13.0 Å². The van der Waals surface area contributed by atoms with Crippen LogP contribution in [0.3, 0.4) is 0 Å². The predicted molar refractivity (Wildman–Crippen MR) is 102 cm³/mol. The highest BCUT2D eigenvalue weighted by atomic mass is 32.2. The van der Waals surface area contributed by atoms with Gasteiger partial charge in [0.05, 0.1) is 25.1 Å². The molecule has 4 N–H and O–H groups in total. The molecule has 2 atom stereocenters. The van der Waals surface area contributed by atoms with Crippen LogP contribution in [0.1, 0.15) is 44.1 Å². The smallest absolute Gasteiger partial charge is 0.163 e. The Bertz CT molecular complexity index is 789. The van der Waals surface area contributed by atoms with Gasteiger partial charge in [0.2, 0.25) is 0 Å². The fraction of sp³-hybridized carbons (Fsp3) is 0.579. The molecule has 0 bridgehead atoms. The summed E-state index contributed by atoms with van der Waals surface area (Å²) in [7, 11) is -3.59. The zero-order chi connectivity index (χ0) is 20.0. The van der Waals surface area contributed by atoms with Crippen molar-refractivity contribution in [2.75, 3.05) is 19.0 Å². The zero-order valence-electron chi connectivity index (χ0n) is 15.5. The molecular formula is C19H28O7S. The molecule has 1 aliphatic heterocycles. The zero-order valence-corrected chi connectivity index (χ0v) is 16.3. The van der Waals surface area contributed by atoms with Crippen LogP contribution >= 0.6 is 0 Å². The molecule has 152 valence electrons. The van der Waals surface area contributed by atoms with Crippen molar-refractivity contribution < 1.29 is 33.3 Å². The van der Waals surface area contributed by atoms with E-state index in [0.717, 1.165) is 18.4 Å². The molecule has 0 radical (unpaired) electrons. The fourth-order valence-corrected chi connectivity index (χ4v) is 5.36. The molecule has 0 saturated carbocycles. The van der Waals surface area contributed by atoms with Gasteiger partial charge in [-0.1, -0.05) is 18.9 Å². The van der Waals surface area contributed by atoms with Crippen LogP contribution in [0, 0.1) is 0 Å². The van der Waals surface area contributed by atoms with Gasteiger partial charge in [-0.15, -0.1) is 0 Å². The van der Waals surface area contributed by atoms with Crippen molar-refractivity contribution in [1.82, 2.24) is 0 Å². The maximum Gasteiger partial charge on any atom is 0.163 e. The quantitative estimate of drug-likeness (QED) is 0.434. The van der Waals surface area contributed by atoms with Crippen molar-refractivity contribution in [3.05, 3.63) is 40.4 Å². The van der Waals surface area contributed by atoms with E-state index in [-0.39, 0.29) is 29.9 Å². The minimum atomic E-state index is -3.59. The second kappa shape index (κ2) is 9.66. The van der Waals surface area contributed by atoms with Crippen molar-refractivity contribution in [2.45, 2.75) is 50.6 Å². The molecule has 2 rings (SSSR count). The summed E-state index contributed by atoms with van der Waals surface area (Å²) >= 11 is 0. The summed E-state index contributed by atoms with van der Waals surface area (Å²) in [6.45, 7) is 0.802. The lowest BCUT2D eigenvalue weighted by atomic mass is 9.94. The largest absolute Gasteiger partial charge is 0.459 e. The van der Waals surface area contributed by atoms with Crippen LogP contribution in [0.4, 0.5) is 0 Å². The topological polar surface area (TPSA) is 128 Å². The predicted octanol–water partition coefficient (Wildman–Crippen LogP) is 1.17. The van der Waals surface area contributed by atoms with E-state index in [4.69, 9.17) is 9.52 Å². The normalized spacial score (nSPS) is 21.1. The van der Waals surface area contributed by atoms with Gasteiger partial charge in [0, 0.05) is 0 Å². The van der Waals surface area contributed by atoms with Crippen LogP contribution in [0.15, 0.2) is 33.3 Å². The Morgan fingerprint density at radius 1 is 1.26 bits per heavy atom. The molecule has 0 aromatic carbocycles. The molecule has 2 heterocycles. The van der Waals surface area contributed by atoms with Crippen LogP contribution < -0.4 is 0 Å². The molecule has 8 heteroatoms. The van der Waals surface area contributed by atoms with Gasteiger partial charge < -0.3 is 24.8 Å². The summed E-state index contributed by atoms with van der Waals surface area (Å²) in [5, 5.41) is 37.4. The Kier molecular flexibility index (Phi) is 7.81. The third-order valence-electron chi connectivity index (χ3n) is 4.77. The monoisotopic (exact) mass is 400 g/mol. The number of furan rings is 1. The summed E-state index contributed by atoms with van der Waals surface area (Å²) < 4.78 is 29.7. The summed E-state index contributed by atoms with van der Waals surface area (Å²) in [6.07, 6.45) is 3.30. The molecule has 0 unspecified atom stereocenters. The van der Waals surface area contributed by atoms with Crippen molar-refractivity contribution in [3.8, 4) is 0 Å². The molecule has 0 amide bonds. The van der Waals surface area contributed by atoms with Crippen LogP contribution in [0.5, 0.6) is 0 Å². The van der Waals surface area contributed by atoms with Crippen LogP contribution in [0.25, 0.3) is 6.08 Å². The molecular weight excluding hydrogens is 372 g/mol.